The topological polar surface area (TPSA) is 111 Å². The summed E-state index contributed by atoms with van der Waals surface area (Å²) in [6, 6.07) is 12.6. The van der Waals surface area contributed by atoms with Crippen LogP contribution in [-0.2, 0) is 9.59 Å². The summed E-state index contributed by atoms with van der Waals surface area (Å²) in [5.41, 5.74) is 7.53. The van der Waals surface area contributed by atoms with Crippen molar-refractivity contribution in [1.29, 1.82) is 0 Å². The number of nitrogens with two attached hydrogens (primary N) is 1. The van der Waals surface area contributed by atoms with E-state index in [0.29, 0.717) is 61.9 Å². The standard InChI is InChI=1S/C24H27N3O5/c25-24(30)16-9-11-27(12-10-16)19-4-2-1-3-18(19)26-23(29)8-6-20(28)17-5-7-21-22(15-17)32-14-13-31-21/h1-5,7,15-16H,6,8-14H2,(H2,25,30)(H,26,29). The van der Waals surface area contributed by atoms with Gasteiger partial charge in [-0.15, -0.1) is 0 Å². The Morgan fingerprint density at radius 1 is 0.969 bits per heavy atom. The van der Waals surface area contributed by atoms with E-state index < -0.39 is 0 Å². The third kappa shape index (κ3) is 5.01. The molecule has 1 fully saturated rings. The lowest BCUT2D eigenvalue weighted by molar-refractivity contribution is -0.122. The van der Waals surface area contributed by atoms with Crippen molar-refractivity contribution in [3.8, 4) is 11.5 Å². The number of nitrogens with one attached hydrogen (secondary N) is 1. The Morgan fingerprint density at radius 3 is 2.44 bits per heavy atom. The number of piperidine rings is 1. The summed E-state index contributed by atoms with van der Waals surface area (Å²) >= 11 is 0. The predicted octanol–water partition coefficient (Wildman–Crippen LogP) is 2.76. The number of ketones is 1. The van der Waals surface area contributed by atoms with E-state index in [1.54, 1.807) is 18.2 Å². The summed E-state index contributed by atoms with van der Waals surface area (Å²) in [7, 11) is 0. The van der Waals surface area contributed by atoms with E-state index in [2.05, 4.69) is 10.2 Å². The molecule has 168 valence electrons. The molecular formula is C24H27N3O5. The number of fused-ring (bicyclic) bond motifs is 1. The second-order valence-corrected chi connectivity index (χ2v) is 8.01. The number of rotatable bonds is 7. The van der Waals surface area contributed by atoms with Gasteiger partial charge in [-0.3, -0.25) is 14.4 Å². The fourth-order valence-corrected chi connectivity index (χ4v) is 4.06. The lowest BCUT2D eigenvalue weighted by Gasteiger charge is -2.33. The van der Waals surface area contributed by atoms with Crippen molar-refractivity contribution in [1.82, 2.24) is 0 Å². The van der Waals surface area contributed by atoms with Crippen LogP contribution in [0.2, 0.25) is 0 Å². The van der Waals surface area contributed by atoms with Crippen LogP contribution in [0, 0.1) is 5.92 Å². The van der Waals surface area contributed by atoms with Gasteiger partial charge in [0.2, 0.25) is 11.8 Å². The number of Topliss-reactive ketones (excluding diaryl/α,β-unsaturated/α-hetero) is 1. The molecule has 2 aliphatic rings. The Bertz CT molecular complexity index is 1010. The van der Waals surface area contributed by atoms with Crippen LogP contribution >= 0.6 is 0 Å². The number of primary amides is 1. The molecule has 8 heteroatoms. The number of carbonyl (C=O) groups is 3. The summed E-state index contributed by atoms with van der Waals surface area (Å²) in [5.74, 6) is 0.477. The van der Waals surface area contributed by atoms with Gasteiger partial charge < -0.3 is 25.4 Å². The van der Waals surface area contributed by atoms with Crippen LogP contribution in [0.3, 0.4) is 0 Å². The quantitative estimate of drug-likeness (QED) is 0.645. The molecule has 0 saturated carbocycles. The molecule has 0 atom stereocenters. The van der Waals surface area contributed by atoms with E-state index in [1.165, 1.54) is 0 Å². The van der Waals surface area contributed by atoms with Crippen molar-refractivity contribution in [2.45, 2.75) is 25.7 Å². The highest BCUT2D eigenvalue weighted by atomic mass is 16.6. The lowest BCUT2D eigenvalue weighted by atomic mass is 9.96. The Labute approximate surface area is 186 Å². The van der Waals surface area contributed by atoms with Gasteiger partial charge in [0.05, 0.1) is 11.4 Å². The third-order valence-electron chi connectivity index (χ3n) is 5.86. The minimum Gasteiger partial charge on any atom is -0.486 e. The van der Waals surface area contributed by atoms with Crippen molar-refractivity contribution in [2.24, 2.45) is 11.7 Å². The van der Waals surface area contributed by atoms with Gasteiger partial charge in [0.15, 0.2) is 17.3 Å². The van der Waals surface area contributed by atoms with Crippen LogP contribution in [0.1, 0.15) is 36.0 Å². The van der Waals surface area contributed by atoms with Crippen molar-refractivity contribution in [3.63, 3.8) is 0 Å². The molecule has 2 aliphatic heterocycles. The average molecular weight is 437 g/mol. The smallest absolute Gasteiger partial charge is 0.224 e. The van der Waals surface area contributed by atoms with Gasteiger partial charge >= 0.3 is 0 Å². The molecule has 2 amide bonds. The molecule has 8 nitrogen and oxygen atoms in total. The molecule has 2 heterocycles. The van der Waals surface area contributed by atoms with Gasteiger partial charge in [-0.1, -0.05) is 12.1 Å². The molecule has 2 aromatic rings. The van der Waals surface area contributed by atoms with Gasteiger partial charge in [0, 0.05) is 37.4 Å². The maximum Gasteiger partial charge on any atom is 0.224 e. The van der Waals surface area contributed by atoms with E-state index in [1.807, 2.05) is 24.3 Å². The number of nitrogens with zero attached hydrogens (tertiary/aromatic N) is 1. The minimum atomic E-state index is -0.256. The van der Waals surface area contributed by atoms with Crippen LogP contribution in [0.5, 0.6) is 11.5 Å². The first-order valence-corrected chi connectivity index (χ1v) is 10.9. The van der Waals surface area contributed by atoms with Gasteiger partial charge in [-0.2, -0.15) is 0 Å². The molecule has 4 rings (SSSR count). The van der Waals surface area contributed by atoms with Crippen LogP contribution in [0.4, 0.5) is 11.4 Å². The number of amides is 2. The number of ether oxygens (including phenoxy) is 2. The molecule has 0 bridgehead atoms. The molecule has 0 unspecified atom stereocenters. The van der Waals surface area contributed by atoms with Crippen molar-refractivity contribution >= 4 is 29.0 Å². The average Bonchev–Trinajstić information content (AvgIpc) is 2.82. The molecule has 1 saturated heterocycles. The van der Waals surface area contributed by atoms with E-state index in [9.17, 15) is 14.4 Å². The number of para-hydroxylation sites is 2. The zero-order chi connectivity index (χ0) is 22.5. The van der Waals surface area contributed by atoms with Crippen molar-refractivity contribution < 1.29 is 23.9 Å². The summed E-state index contributed by atoms with van der Waals surface area (Å²) in [6.07, 6.45) is 1.56. The highest BCUT2D eigenvalue weighted by Gasteiger charge is 2.24. The normalized spacial score (nSPS) is 15.8. The Balaban J connectivity index is 1.34. The van der Waals surface area contributed by atoms with Gasteiger partial charge in [0.25, 0.3) is 0 Å². The molecular weight excluding hydrogens is 410 g/mol. The first-order chi connectivity index (χ1) is 15.5. The van der Waals surface area contributed by atoms with Gasteiger partial charge in [-0.05, 0) is 43.2 Å². The van der Waals surface area contributed by atoms with Crippen LogP contribution in [-0.4, -0.2) is 43.9 Å². The second kappa shape index (κ2) is 9.72. The summed E-state index contributed by atoms with van der Waals surface area (Å²) in [6.45, 7) is 2.34. The number of anilines is 2. The molecule has 32 heavy (non-hydrogen) atoms. The highest BCUT2D eigenvalue weighted by molar-refractivity contribution is 6.01. The highest BCUT2D eigenvalue weighted by Crippen LogP contribution is 2.32. The predicted molar refractivity (Wildman–Crippen MR) is 120 cm³/mol. The Kier molecular flexibility index (Phi) is 6.58. The molecule has 3 N–H and O–H groups in total. The molecule has 2 aromatic carbocycles. The minimum absolute atomic E-state index is 0.0748. The number of carbonyl (C=O) groups excluding carboxylic acids is 3. The van der Waals surface area contributed by atoms with E-state index in [-0.39, 0.29) is 36.4 Å². The first kappa shape index (κ1) is 21.7. The van der Waals surface area contributed by atoms with Crippen LogP contribution < -0.4 is 25.4 Å². The molecule has 0 spiro atoms. The second-order valence-electron chi connectivity index (χ2n) is 8.01. The van der Waals surface area contributed by atoms with Crippen molar-refractivity contribution in [3.05, 3.63) is 48.0 Å². The SMILES string of the molecule is NC(=O)C1CCN(c2ccccc2NC(=O)CCC(=O)c2ccc3c(c2)OCCO3)CC1. The number of benzene rings is 2. The maximum absolute atomic E-state index is 12.6. The summed E-state index contributed by atoms with van der Waals surface area (Å²) < 4.78 is 11.0. The number of hydrogen-bond donors (Lipinski definition) is 2. The molecule has 0 aromatic heterocycles. The Hall–Kier alpha value is -3.55. The fraction of sp³-hybridized carbons (Fsp3) is 0.375. The summed E-state index contributed by atoms with van der Waals surface area (Å²) in [5, 5.41) is 2.93. The fourth-order valence-electron chi connectivity index (χ4n) is 4.06. The van der Waals surface area contributed by atoms with E-state index >= 15 is 0 Å². The monoisotopic (exact) mass is 437 g/mol. The van der Waals surface area contributed by atoms with Crippen molar-refractivity contribution in [2.75, 3.05) is 36.5 Å². The molecule has 0 aliphatic carbocycles. The third-order valence-corrected chi connectivity index (χ3v) is 5.86. The number of hydrogen-bond acceptors (Lipinski definition) is 6. The van der Waals surface area contributed by atoms with E-state index in [4.69, 9.17) is 15.2 Å². The van der Waals surface area contributed by atoms with E-state index in [0.717, 1.165) is 5.69 Å². The zero-order valence-corrected chi connectivity index (χ0v) is 17.8. The first-order valence-electron chi connectivity index (χ1n) is 10.9. The lowest BCUT2D eigenvalue weighted by Crippen LogP contribution is -2.38. The van der Waals surface area contributed by atoms with Crippen LogP contribution in [0.25, 0.3) is 0 Å². The maximum atomic E-state index is 12.6. The van der Waals surface area contributed by atoms with Gasteiger partial charge in [-0.25, -0.2) is 0 Å². The Morgan fingerprint density at radius 2 is 1.69 bits per heavy atom. The molecule has 0 radical (unpaired) electrons. The zero-order valence-electron chi connectivity index (χ0n) is 17.8. The van der Waals surface area contributed by atoms with Crippen LogP contribution in [0.15, 0.2) is 42.5 Å². The van der Waals surface area contributed by atoms with Gasteiger partial charge in [0.1, 0.15) is 13.2 Å². The largest absolute Gasteiger partial charge is 0.486 e. The summed E-state index contributed by atoms with van der Waals surface area (Å²) in [4.78, 5) is 38.7.